The van der Waals surface area contributed by atoms with Gasteiger partial charge in [-0.1, -0.05) is 18.6 Å². The van der Waals surface area contributed by atoms with E-state index in [2.05, 4.69) is 11.4 Å². The number of rotatable bonds is 3. The minimum absolute atomic E-state index is 0.152. The van der Waals surface area contributed by atoms with E-state index in [-0.39, 0.29) is 5.92 Å². The van der Waals surface area contributed by atoms with Gasteiger partial charge in [0.25, 0.3) is 0 Å². The molecule has 2 atom stereocenters. The van der Waals surface area contributed by atoms with E-state index in [9.17, 15) is 0 Å². The monoisotopic (exact) mass is 244 g/mol. The second-order valence-electron chi connectivity index (χ2n) is 4.80. The van der Waals surface area contributed by atoms with Gasteiger partial charge >= 0.3 is 0 Å². The van der Waals surface area contributed by atoms with Crippen LogP contribution in [0.3, 0.4) is 0 Å². The van der Waals surface area contributed by atoms with Crippen molar-refractivity contribution >= 4 is 0 Å². The summed E-state index contributed by atoms with van der Waals surface area (Å²) in [7, 11) is 0. The van der Waals surface area contributed by atoms with Crippen molar-refractivity contribution in [3.05, 3.63) is 23.8 Å². The van der Waals surface area contributed by atoms with Crippen molar-refractivity contribution < 1.29 is 9.47 Å². The predicted octanol–water partition coefficient (Wildman–Crippen LogP) is 2.20. The third-order valence-corrected chi connectivity index (χ3v) is 3.71. The maximum absolute atomic E-state index is 9.05. The largest absolute Gasteiger partial charge is 0.454 e. The molecule has 1 aromatic rings. The molecule has 1 fully saturated rings. The topological polar surface area (TPSA) is 54.3 Å². The first-order valence-electron chi connectivity index (χ1n) is 6.39. The maximum Gasteiger partial charge on any atom is 0.231 e. The van der Waals surface area contributed by atoms with Crippen molar-refractivity contribution in [1.82, 2.24) is 5.32 Å². The number of ether oxygens (including phenoxy) is 2. The fourth-order valence-electron chi connectivity index (χ4n) is 2.73. The zero-order valence-electron chi connectivity index (χ0n) is 10.2. The smallest absolute Gasteiger partial charge is 0.231 e. The lowest BCUT2D eigenvalue weighted by Gasteiger charge is -2.16. The van der Waals surface area contributed by atoms with Crippen molar-refractivity contribution in [2.24, 2.45) is 5.92 Å². The van der Waals surface area contributed by atoms with Crippen LogP contribution in [0.25, 0.3) is 0 Å². The fourth-order valence-corrected chi connectivity index (χ4v) is 2.73. The quantitative estimate of drug-likeness (QED) is 0.885. The molecule has 0 spiro atoms. The number of nitrogens with zero attached hydrogens (tertiary/aromatic N) is 1. The minimum Gasteiger partial charge on any atom is -0.454 e. The van der Waals surface area contributed by atoms with E-state index in [1.165, 1.54) is 0 Å². The molecule has 0 radical (unpaired) electrons. The summed E-state index contributed by atoms with van der Waals surface area (Å²) in [5, 5.41) is 12.5. The first kappa shape index (κ1) is 11.4. The van der Waals surface area contributed by atoms with Gasteiger partial charge in [0.1, 0.15) is 0 Å². The molecular formula is C14H16N2O2. The third-order valence-electron chi connectivity index (χ3n) is 3.71. The number of benzene rings is 1. The van der Waals surface area contributed by atoms with Gasteiger partial charge in [-0.25, -0.2) is 0 Å². The summed E-state index contributed by atoms with van der Waals surface area (Å²) < 4.78 is 10.8. The highest BCUT2D eigenvalue weighted by Gasteiger charge is 2.27. The molecule has 2 unspecified atom stereocenters. The van der Waals surface area contributed by atoms with Crippen molar-refractivity contribution in [2.75, 3.05) is 6.79 Å². The van der Waals surface area contributed by atoms with Crippen LogP contribution < -0.4 is 14.8 Å². The molecule has 1 aliphatic carbocycles. The molecule has 18 heavy (non-hydrogen) atoms. The zero-order chi connectivity index (χ0) is 12.4. The summed E-state index contributed by atoms with van der Waals surface area (Å²) in [4.78, 5) is 0. The molecule has 4 nitrogen and oxygen atoms in total. The van der Waals surface area contributed by atoms with Crippen LogP contribution in [0, 0.1) is 17.2 Å². The molecular weight excluding hydrogens is 228 g/mol. The number of nitrogens with one attached hydrogen (secondary N) is 1. The Morgan fingerprint density at radius 3 is 3.17 bits per heavy atom. The van der Waals surface area contributed by atoms with Crippen LogP contribution in [0.4, 0.5) is 0 Å². The molecule has 0 amide bonds. The van der Waals surface area contributed by atoms with Gasteiger partial charge in [-0.2, -0.15) is 5.26 Å². The van der Waals surface area contributed by atoms with E-state index in [1.807, 2.05) is 18.2 Å². The van der Waals surface area contributed by atoms with E-state index in [0.717, 1.165) is 42.9 Å². The Kier molecular flexibility index (Phi) is 3.07. The summed E-state index contributed by atoms with van der Waals surface area (Å²) in [6.45, 7) is 1.03. The zero-order valence-corrected chi connectivity index (χ0v) is 10.2. The maximum atomic E-state index is 9.05. The highest BCUT2D eigenvalue weighted by molar-refractivity contribution is 5.48. The lowest BCUT2D eigenvalue weighted by atomic mass is 10.1. The summed E-state index contributed by atoms with van der Waals surface area (Å²) in [5.74, 6) is 1.81. The molecule has 0 aromatic heterocycles. The first-order chi connectivity index (χ1) is 8.88. The van der Waals surface area contributed by atoms with E-state index in [1.54, 1.807) is 0 Å². The van der Waals surface area contributed by atoms with E-state index < -0.39 is 0 Å². The fraction of sp³-hybridized carbons (Fsp3) is 0.500. The molecule has 1 heterocycles. The normalized spacial score (nSPS) is 25.1. The second-order valence-corrected chi connectivity index (χ2v) is 4.80. The highest BCUT2D eigenvalue weighted by Crippen LogP contribution is 2.35. The van der Waals surface area contributed by atoms with Crippen LogP contribution in [0.5, 0.6) is 11.5 Å². The van der Waals surface area contributed by atoms with Crippen LogP contribution >= 0.6 is 0 Å². The summed E-state index contributed by atoms with van der Waals surface area (Å²) in [6, 6.07) is 8.63. The van der Waals surface area contributed by atoms with E-state index >= 15 is 0 Å². The van der Waals surface area contributed by atoms with Gasteiger partial charge in [-0.05, 0) is 18.9 Å². The van der Waals surface area contributed by atoms with Gasteiger partial charge in [-0.3, -0.25) is 0 Å². The Labute approximate surface area is 107 Å². The summed E-state index contributed by atoms with van der Waals surface area (Å²) in [5.41, 5.74) is 1.11. The molecule has 94 valence electrons. The van der Waals surface area contributed by atoms with Crippen LogP contribution in [-0.2, 0) is 6.54 Å². The number of nitriles is 1. The number of hydrogen-bond acceptors (Lipinski definition) is 4. The van der Waals surface area contributed by atoms with Crippen LogP contribution in [0.1, 0.15) is 24.8 Å². The lowest BCUT2D eigenvalue weighted by Crippen LogP contribution is -2.31. The number of fused-ring (bicyclic) bond motifs is 1. The molecule has 4 heteroatoms. The number of hydrogen-bond donors (Lipinski definition) is 1. The highest BCUT2D eigenvalue weighted by atomic mass is 16.7. The van der Waals surface area contributed by atoms with Crippen molar-refractivity contribution in [3.8, 4) is 17.6 Å². The van der Waals surface area contributed by atoms with Gasteiger partial charge in [0.05, 0.1) is 12.0 Å². The third kappa shape index (κ3) is 2.02. The van der Waals surface area contributed by atoms with Gasteiger partial charge < -0.3 is 14.8 Å². The van der Waals surface area contributed by atoms with Crippen molar-refractivity contribution in [2.45, 2.75) is 31.8 Å². The van der Waals surface area contributed by atoms with E-state index in [0.29, 0.717) is 12.8 Å². The van der Waals surface area contributed by atoms with Crippen LogP contribution in [0.2, 0.25) is 0 Å². The van der Waals surface area contributed by atoms with Crippen molar-refractivity contribution in [3.63, 3.8) is 0 Å². The van der Waals surface area contributed by atoms with Gasteiger partial charge in [-0.15, -0.1) is 0 Å². The molecule has 1 aliphatic heterocycles. The van der Waals surface area contributed by atoms with Gasteiger partial charge in [0.15, 0.2) is 11.5 Å². The Bertz CT molecular complexity index is 481. The molecule has 2 aliphatic rings. The summed E-state index contributed by atoms with van der Waals surface area (Å²) in [6.07, 6.45) is 3.24. The Hall–Kier alpha value is -1.73. The SMILES string of the molecule is N#CC1CCCC1NCc1cccc2c1OCO2. The molecule has 0 bridgehead atoms. The lowest BCUT2D eigenvalue weighted by molar-refractivity contribution is 0.173. The summed E-state index contributed by atoms with van der Waals surface area (Å²) >= 11 is 0. The van der Waals surface area contributed by atoms with Crippen LogP contribution in [0.15, 0.2) is 18.2 Å². The van der Waals surface area contributed by atoms with Gasteiger partial charge in [0, 0.05) is 18.2 Å². The first-order valence-corrected chi connectivity index (χ1v) is 6.39. The number of para-hydroxylation sites is 1. The van der Waals surface area contributed by atoms with Crippen molar-refractivity contribution in [1.29, 1.82) is 5.26 Å². The predicted molar refractivity (Wildman–Crippen MR) is 66.1 cm³/mol. The molecule has 0 saturated heterocycles. The minimum atomic E-state index is 0.152. The van der Waals surface area contributed by atoms with Gasteiger partial charge in [0.2, 0.25) is 6.79 Å². The molecule has 1 N–H and O–H groups in total. The van der Waals surface area contributed by atoms with Crippen LogP contribution in [-0.4, -0.2) is 12.8 Å². The second kappa shape index (κ2) is 4.87. The molecule has 3 rings (SSSR count). The molecule has 1 aromatic carbocycles. The Morgan fingerprint density at radius 2 is 2.28 bits per heavy atom. The standard InChI is InChI=1S/C14H16N2O2/c15-7-10-3-1-5-12(10)16-8-11-4-2-6-13-14(11)18-9-17-13/h2,4,6,10,12,16H,1,3,5,8-9H2. The Balaban J connectivity index is 1.67. The van der Waals surface area contributed by atoms with E-state index in [4.69, 9.17) is 14.7 Å². The average Bonchev–Trinajstić information content (AvgIpc) is 3.04. The molecule has 1 saturated carbocycles. The Morgan fingerprint density at radius 1 is 1.33 bits per heavy atom. The average molecular weight is 244 g/mol.